The molecule has 1 rings (SSSR count). The van der Waals surface area contributed by atoms with E-state index in [2.05, 4.69) is 6.58 Å². The Hall–Kier alpha value is -1.81. The van der Waals surface area contributed by atoms with Gasteiger partial charge >= 0.3 is 5.97 Å². The highest BCUT2D eigenvalue weighted by Gasteiger charge is 2.09. The van der Waals surface area contributed by atoms with E-state index in [-0.39, 0.29) is 11.6 Å². The highest BCUT2D eigenvalue weighted by molar-refractivity contribution is 5.89. The third-order valence-electron chi connectivity index (χ3n) is 1.95. The molecule has 74 valence electrons. The average molecular weight is 192 g/mol. The van der Waals surface area contributed by atoms with Gasteiger partial charge in [0.2, 0.25) is 0 Å². The molecule has 0 radical (unpaired) electrons. The summed E-state index contributed by atoms with van der Waals surface area (Å²) >= 11 is 0. The Kier molecular flexibility index (Phi) is 2.89. The highest BCUT2D eigenvalue weighted by Crippen LogP contribution is 2.20. The number of aromatic carboxylic acids is 1. The standard InChI is InChI=1S/C10H12N2O2/c1-2-8(11)7-4-3-6(10(13)14)5-9(7)12/h2-5,8H,1,11-12H2,(H,13,14)/t8-/m0/s1. The van der Waals surface area contributed by atoms with E-state index in [0.717, 1.165) is 0 Å². The second-order valence-corrected chi connectivity index (χ2v) is 2.91. The van der Waals surface area contributed by atoms with Crippen molar-refractivity contribution in [3.05, 3.63) is 42.0 Å². The molecule has 0 spiro atoms. The predicted molar refractivity (Wildman–Crippen MR) is 54.9 cm³/mol. The molecule has 0 aliphatic carbocycles. The Labute approximate surface area is 81.8 Å². The van der Waals surface area contributed by atoms with Crippen molar-refractivity contribution >= 4 is 11.7 Å². The molecule has 1 aromatic carbocycles. The largest absolute Gasteiger partial charge is 0.478 e. The molecule has 0 aromatic heterocycles. The summed E-state index contributed by atoms with van der Waals surface area (Å²) in [6.45, 7) is 3.54. The monoisotopic (exact) mass is 192 g/mol. The fraction of sp³-hybridized carbons (Fsp3) is 0.100. The van der Waals surface area contributed by atoms with Crippen LogP contribution < -0.4 is 11.5 Å². The van der Waals surface area contributed by atoms with E-state index < -0.39 is 5.97 Å². The molecule has 0 fully saturated rings. The van der Waals surface area contributed by atoms with Crippen LogP contribution in [0.2, 0.25) is 0 Å². The minimum Gasteiger partial charge on any atom is -0.478 e. The van der Waals surface area contributed by atoms with E-state index in [1.807, 2.05) is 0 Å². The number of nitrogens with two attached hydrogens (primary N) is 2. The summed E-state index contributed by atoms with van der Waals surface area (Å²) < 4.78 is 0. The first kappa shape index (κ1) is 10.3. The Balaban J connectivity index is 3.13. The molecule has 4 heteroatoms. The fourth-order valence-electron chi connectivity index (χ4n) is 1.14. The van der Waals surface area contributed by atoms with Gasteiger partial charge < -0.3 is 16.6 Å². The number of nitrogen functional groups attached to an aromatic ring is 1. The predicted octanol–water partition coefficient (Wildman–Crippen LogP) is 1.15. The van der Waals surface area contributed by atoms with Crippen molar-refractivity contribution < 1.29 is 9.90 Å². The van der Waals surface area contributed by atoms with Gasteiger partial charge in [-0.1, -0.05) is 12.1 Å². The Bertz CT molecular complexity index is 374. The van der Waals surface area contributed by atoms with Gasteiger partial charge in [-0.05, 0) is 17.7 Å². The number of carboxylic acid groups (broad SMARTS) is 1. The Morgan fingerprint density at radius 1 is 1.57 bits per heavy atom. The van der Waals surface area contributed by atoms with Crippen LogP contribution in [-0.2, 0) is 0 Å². The van der Waals surface area contributed by atoms with Crippen molar-refractivity contribution in [2.24, 2.45) is 5.73 Å². The number of hydrogen-bond donors (Lipinski definition) is 3. The third-order valence-corrected chi connectivity index (χ3v) is 1.95. The number of anilines is 1. The van der Waals surface area contributed by atoms with Gasteiger partial charge in [-0.15, -0.1) is 6.58 Å². The molecule has 0 aliphatic rings. The van der Waals surface area contributed by atoms with Crippen LogP contribution in [-0.4, -0.2) is 11.1 Å². The maximum atomic E-state index is 10.6. The zero-order chi connectivity index (χ0) is 10.7. The van der Waals surface area contributed by atoms with Gasteiger partial charge in [0.15, 0.2) is 0 Å². The van der Waals surface area contributed by atoms with Crippen LogP contribution in [0, 0.1) is 0 Å². The molecule has 0 heterocycles. The zero-order valence-corrected chi connectivity index (χ0v) is 7.60. The molecular formula is C10H12N2O2. The topological polar surface area (TPSA) is 89.3 Å². The second-order valence-electron chi connectivity index (χ2n) is 2.91. The summed E-state index contributed by atoms with van der Waals surface area (Å²) in [6, 6.07) is 4.10. The lowest BCUT2D eigenvalue weighted by Gasteiger charge is -2.10. The summed E-state index contributed by atoms with van der Waals surface area (Å²) in [5, 5.41) is 8.69. The zero-order valence-electron chi connectivity index (χ0n) is 7.60. The number of carbonyl (C=O) groups is 1. The SMILES string of the molecule is C=C[C@H](N)c1ccc(C(=O)O)cc1N. The highest BCUT2D eigenvalue weighted by atomic mass is 16.4. The van der Waals surface area contributed by atoms with Crippen LogP contribution >= 0.6 is 0 Å². The van der Waals surface area contributed by atoms with E-state index in [1.54, 1.807) is 12.1 Å². The molecule has 0 saturated heterocycles. The number of benzene rings is 1. The van der Waals surface area contributed by atoms with Gasteiger partial charge in [-0.2, -0.15) is 0 Å². The number of rotatable bonds is 3. The van der Waals surface area contributed by atoms with Crippen LogP contribution in [0.5, 0.6) is 0 Å². The van der Waals surface area contributed by atoms with E-state index in [4.69, 9.17) is 16.6 Å². The fourth-order valence-corrected chi connectivity index (χ4v) is 1.14. The van der Waals surface area contributed by atoms with Crippen molar-refractivity contribution in [1.29, 1.82) is 0 Å². The lowest BCUT2D eigenvalue weighted by molar-refractivity contribution is 0.0697. The molecule has 4 nitrogen and oxygen atoms in total. The van der Waals surface area contributed by atoms with E-state index >= 15 is 0 Å². The third kappa shape index (κ3) is 1.92. The van der Waals surface area contributed by atoms with Gasteiger partial charge in [-0.25, -0.2) is 4.79 Å². The molecule has 0 aliphatic heterocycles. The van der Waals surface area contributed by atoms with Crippen molar-refractivity contribution in [1.82, 2.24) is 0 Å². The average Bonchev–Trinajstić information content (AvgIpc) is 2.16. The Morgan fingerprint density at radius 3 is 2.64 bits per heavy atom. The summed E-state index contributed by atoms with van der Waals surface area (Å²) in [6.07, 6.45) is 1.55. The van der Waals surface area contributed by atoms with Gasteiger partial charge in [-0.3, -0.25) is 0 Å². The first-order valence-corrected chi connectivity index (χ1v) is 4.07. The molecule has 1 aromatic rings. The lowest BCUT2D eigenvalue weighted by atomic mass is 10.0. The molecule has 5 N–H and O–H groups in total. The van der Waals surface area contributed by atoms with Crippen LogP contribution in [0.1, 0.15) is 22.0 Å². The van der Waals surface area contributed by atoms with Gasteiger partial charge in [0.25, 0.3) is 0 Å². The maximum Gasteiger partial charge on any atom is 0.335 e. The summed E-state index contributed by atoms with van der Waals surface area (Å²) in [5.41, 5.74) is 12.5. The van der Waals surface area contributed by atoms with Crippen LogP contribution in [0.3, 0.4) is 0 Å². The van der Waals surface area contributed by atoms with Crippen molar-refractivity contribution in [3.8, 4) is 0 Å². The van der Waals surface area contributed by atoms with Crippen molar-refractivity contribution in [2.75, 3.05) is 5.73 Å². The van der Waals surface area contributed by atoms with Crippen LogP contribution in [0.15, 0.2) is 30.9 Å². The number of carboxylic acids is 1. The summed E-state index contributed by atoms with van der Waals surface area (Å²) in [5.74, 6) is -1.00. The molecule has 0 bridgehead atoms. The van der Waals surface area contributed by atoms with Crippen molar-refractivity contribution in [3.63, 3.8) is 0 Å². The van der Waals surface area contributed by atoms with E-state index in [0.29, 0.717) is 11.3 Å². The summed E-state index contributed by atoms with van der Waals surface area (Å²) in [4.78, 5) is 10.6. The molecule has 14 heavy (non-hydrogen) atoms. The molecular weight excluding hydrogens is 180 g/mol. The molecule has 0 amide bonds. The maximum absolute atomic E-state index is 10.6. The quantitative estimate of drug-likeness (QED) is 0.495. The summed E-state index contributed by atoms with van der Waals surface area (Å²) in [7, 11) is 0. The minimum atomic E-state index is -1.00. The van der Waals surface area contributed by atoms with E-state index in [1.165, 1.54) is 12.1 Å². The molecule has 1 atom stereocenters. The molecule has 0 unspecified atom stereocenters. The number of hydrogen-bond acceptors (Lipinski definition) is 3. The van der Waals surface area contributed by atoms with Crippen LogP contribution in [0.25, 0.3) is 0 Å². The van der Waals surface area contributed by atoms with Gasteiger partial charge in [0.1, 0.15) is 0 Å². The smallest absolute Gasteiger partial charge is 0.335 e. The van der Waals surface area contributed by atoms with E-state index in [9.17, 15) is 4.79 Å². The Morgan fingerprint density at radius 2 is 2.21 bits per heavy atom. The molecule has 0 saturated carbocycles. The van der Waals surface area contributed by atoms with Gasteiger partial charge in [0, 0.05) is 11.7 Å². The van der Waals surface area contributed by atoms with Gasteiger partial charge in [0.05, 0.1) is 5.56 Å². The van der Waals surface area contributed by atoms with Crippen LogP contribution in [0.4, 0.5) is 5.69 Å². The first-order valence-electron chi connectivity index (χ1n) is 4.07. The normalized spacial score (nSPS) is 12.1. The second kappa shape index (κ2) is 3.93. The van der Waals surface area contributed by atoms with Crippen molar-refractivity contribution in [2.45, 2.75) is 6.04 Å². The minimum absolute atomic E-state index is 0.155. The lowest BCUT2D eigenvalue weighted by Crippen LogP contribution is -2.10. The first-order chi connectivity index (χ1) is 6.56.